The van der Waals surface area contributed by atoms with E-state index in [2.05, 4.69) is 5.11 Å². The molecule has 0 spiro atoms. The highest BCUT2D eigenvalue weighted by atomic mass is 19.3. The molecule has 1 rings (SSSR count). The van der Waals surface area contributed by atoms with E-state index in [1.807, 2.05) is 4.91 Å². The summed E-state index contributed by atoms with van der Waals surface area (Å²) in [6, 6.07) is 1.85. The molecule has 6 heteroatoms. The van der Waals surface area contributed by atoms with E-state index in [0.29, 0.717) is 5.56 Å². The SMILES string of the molecule is Cc1ccccc1C(=O)C(F)(F)N=[N+]=[N-]. The molecule has 15 heavy (non-hydrogen) atoms. The van der Waals surface area contributed by atoms with Gasteiger partial charge < -0.3 is 0 Å². The highest BCUT2D eigenvalue weighted by Gasteiger charge is 2.38. The fourth-order valence-electron chi connectivity index (χ4n) is 1.09. The number of azide groups is 1. The Kier molecular flexibility index (Phi) is 3.01. The smallest absolute Gasteiger partial charge is 0.287 e. The maximum atomic E-state index is 12.9. The predicted molar refractivity (Wildman–Crippen MR) is 49.6 cm³/mol. The van der Waals surface area contributed by atoms with Crippen molar-refractivity contribution in [3.8, 4) is 0 Å². The molecule has 4 nitrogen and oxygen atoms in total. The molecule has 78 valence electrons. The monoisotopic (exact) mass is 211 g/mol. The van der Waals surface area contributed by atoms with E-state index >= 15 is 0 Å². The van der Waals surface area contributed by atoms with E-state index < -0.39 is 11.8 Å². The second-order valence-electron chi connectivity index (χ2n) is 2.87. The molecule has 0 N–H and O–H groups in total. The molecule has 1 aromatic carbocycles. The molecular weight excluding hydrogens is 204 g/mol. The van der Waals surface area contributed by atoms with Crippen LogP contribution in [0.15, 0.2) is 29.4 Å². The van der Waals surface area contributed by atoms with Gasteiger partial charge in [-0.1, -0.05) is 24.3 Å². The fraction of sp³-hybridized carbons (Fsp3) is 0.222. The highest BCUT2D eigenvalue weighted by molar-refractivity contribution is 6.02. The quantitative estimate of drug-likeness (QED) is 0.249. The summed E-state index contributed by atoms with van der Waals surface area (Å²) in [5.74, 6) is -1.49. The van der Waals surface area contributed by atoms with E-state index in [1.165, 1.54) is 25.1 Å². The van der Waals surface area contributed by atoms with Gasteiger partial charge in [-0.2, -0.15) is 8.78 Å². The second-order valence-corrected chi connectivity index (χ2v) is 2.87. The first-order chi connectivity index (χ1) is 6.99. The van der Waals surface area contributed by atoms with Crippen molar-refractivity contribution >= 4 is 5.78 Å². The molecule has 0 aliphatic heterocycles. The number of aryl methyl sites for hydroxylation is 1. The zero-order valence-electron chi connectivity index (χ0n) is 7.82. The Hall–Kier alpha value is -1.94. The Morgan fingerprint density at radius 2 is 2.07 bits per heavy atom. The number of nitrogens with zero attached hydrogens (tertiary/aromatic N) is 3. The Morgan fingerprint density at radius 3 is 2.60 bits per heavy atom. The fourth-order valence-corrected chi connectivity index (χ4v) is 1.09. The predicted octanol–water partition coefficient (Wildman–Crippen LogP) is 3.08. The Balaban J connectivity index is 3.16. The van der Waals surface area contributed by atoms with Gasteiger partial charge >= 0.3 is 6.05 Å². The van der Waals surface area contributed by atoms with Crippen LogP contribution in [0.2, 0.25) is 0 Å². The summed E-state index contributed by atoms with van der Waals surface area (Å²) in [5.41, 5.74) is 8.16. The minimum Gasteiger partial charge on any atom is -0.287 e. The first-order valence-electron chi connectivity index (χ1n) is 4.03. The lowest BCUT2D eigenvalue weighted by Gasteiger charge is -2.09. The lowest BCUT2D eigenvalue weighted by Crippen LogP contribution is -2.26. The van der Waals surface area contributed by atoms with Crippen LogP contribution in [0, 0.1) is 6.92 Å². The number of alkyl halides is 2. The van der Waals surface area contributed by atoms with Crippen molar-refractivity contribution in [2.75, 3.05) is 0 Å². The number of hydrogen-bond acceptors (Lipinski definition) is 2. The molecule has 0 aromatic heterocycles. The first-order valence-corrected chi connectivity index (χ1v) is 4.03. The van der Waals surface area contributed by atoms with Crippen molar-refractivity contribution in [1.29, 1.82) is 0 Å². The summed E-state index contributed by atoms with van der Waals surface area (Å²) in [5, 5.41) is 2.17. The van der Waals surface area contributed by atoms with Crippen molar-refractivity contribution in [2.45, 2.75) is 13.0 Å². The minimum atomic E-state index is -4.03. The number of benzene rings is 1. The third-order valence-electron chi connectivity index (χ3n) is 1.83. The lowest BCUT2D eigenvalue weighted by atomic mass is 10.0. The van der Waals surface area contributed by atoms with E-state index in [9.17, 15) is 13.6 Å². The lowest BCUT2D eigenvalue weighted by molar-refractivity contribution is 0.0148. The third kappa shape index (κ3) is 2.30. The van der Waals surface area contributed by atoms with Crippen LogP contribution in [0.4, 0.5) is 8.78 Å². The van der Waals surface area contributed by atoms with Gasteiger partial charge in [0, 0.05) is 10.5 Å². The van der Waals surface area contributed by atoms with Gasteiger partial charge in [0.25, 0.3) is 0 Å². The number of hydrogen-bond donors (Lipinski definition) is 0. The standard InChI is InChI=1S/C9H7F2N3O/c1-6-4-2-3-5-7(6)8(15)9(10,11)13-14-12/h2-5H,1H3. The molecule has 0 saturated carbocycles. The van der Waals surface area contributed by atoms with Gasteiger partial charge in [0.2, 0.25) is 5.78 Å². The molecule has 0 unspecified atom stereocenters. The van der Waals surface area contributed by atoms with Crippen LogP contribution < -0.4 is 0 Å². The molecule has 0 aliphatic carbocycles. The van der Waals surface area contributed by atoms with Crippen LogP contribution >= 0.6 is 0 Å². The number of Topliss-reactive ketones (excluding diaryl/α,β-unsaturated/α-hetero) is 1. The van der Waals surface area contributed by atoms with Gasteiger partial charge in [0.1, 0.15) is 0 Å². The highest BCUT2D eigenvalue weighted by Crippen LogP contribution is 2.23. The largest absolute Gasteiger partial charge is 0.387 e. The van der Waals surface area contributed by atoms with Crippen LogP contribution in [0.25, 0.3) is 10.4 Å². The number of ketones is 1. The number of carbonyl (C=O) groups excluding carboxylic acids is 1. The topological polar surface area (TPSA) is 65.8 Å². The number of rotatable bonds is 3. The molecule has 0 saturated heterocycles. The van der Waals surface area contributed by atoms with E-state index in [1.54, 1.807) is 6.07 Å². The van der Waals surface area contributed by atoms with E-state index in [4.69, 9.17) is 5.53 Å². The maximum absolute atomic E-state index is 12.9. The summed E-state index contributed by atoms with van der Waals surface area (Å²) in [6.45, 7) is 1.53. The van der Waals surface area contributed by atoms with Gasteiger partial charge in [0.05, 0.1) is 0 Å². The van der Waals surface area contributed by atoms with Crippen LogP contribution in [0.3, 0.4) is 0 Å². The molecule has 0 radical (unpaired) electrons. The molecule has 0 heterocycles. The summed E-state index contributed by atoms with van der Waals surface area (Å²) in [7, 11) is 0. The summed E-state index contributed by atoms with van der Waals surface area (Å²) in [6.07, 6.45) is 0. The molecule has 0 atom stereocenters. The van der Waals surface area contributed by atoms with Gasteiger partial charge in [-0.3, -0.25) is 4.79 Å². The summed E-state index contributed by atoms with van der Waals surface area (Å²) >= 11 is 0. The van der Waals surface area contributed by atoms with Crippen molar-refractivity contribution < 1.29 is 13.6 Å². The van der Waals surface area contributed by atoms with Crippen molar-refractivity contribution in [3.63, 3.8) is 0 Å². The molecule has 1 aromatic rings. The zero-order valence-corrected chi connectivity index (χ0v) is 7.82. The van der Waals surface area contributed by atoms with Crippen LogP contribution in [0.1, 0.15) is 15.9 Å². The molecule has 0 bridgehead atoms. The van der Waals surface area contributed by atoms with Crippen molar-refractivity contribution in [3.05, 3.63) is 45.8 Å². The van der Waals surface area contributed by atoms with Crippen LogP contribution in [-0.2, 0) is 0 Å². The summed E-state index contributed by atoms with van der Waals surface area (Å²) in [4.78, 5) is 13.2. The van der Waals surface area contributed by atoms with E-state index in [-0.39, 0.29) is 5.56 Å². The summed E-state index contributed by atoms with van der Waals surface area (Å²) < 4.78 is 25.8. The zero-order chi connectivity index (χ0) is 11.5. The van der Waals surface area contributed by atoms with Crippen LogP contribution in [0.5, 0.6) is 0 Å². The van der Waals surface area contributed by atoms with Gasteiger partial charge in [-0.15, -0.1) is 0 Å². The third-order valence-corrected chi connectivity index (χ3v) is 1.83. The number of carbonyl (C=O) groups is 1. The first kappa shape index (κ1) is 11.1. The second kappa shape index (κ2) is 4.06. The number of halogens is 2. The molecule has 0 fully saturated rings. The Bertz CT molecular complexity index is 439. The van der Waals surface area contributed by atoms with Crippen LogP contribution in [-0.4, -0.2) is 11.8 Å². The Morgan fingerprint density at radius 1 is 1.47 bits per heavy atom. The average Bonchev–Trinajstić information content (AvgIpc) is 2.17. The molecule has 0 amide bonds. The minimum absolute atomic E-state index is 0.144. The maximum Gasteiger partial charge on any atom is 0.387 e. The molecular formula is C9H7F2N3O. The molecule has 0 aliphatic rings. The van der Waals surface area contributed by atoms with Gasteiger partial charge in [-0.05, 0) is 23.1 Å². The van der Waals surface area contributed by atoms with Crippen molar-refractivity contribution in [1.82, 2.24) is 0 Å². The normalized spacial score (nSPS) is 10.6. The van der Waals surface area contributed by atoms with Gasteiger partial charge in [-0.25, -0.2) is 0 Å². The van der Waals surface area contributed by atoms with E-state index in [0.717, 1.165) is 0 Å². The van der Waals surface area contributed by atoms with Crippen molar-refractivity contribution in [2.24, 2.45) is 5.11 Å². The van der Waals surface area contributed by atoms with Gasteiger partial charge in [0.15, 0.2) is 0 Å². The Labute approximate surface area is 84.2 Å². The average molecular weight is 211 g/mol.